The zero-order chi connectivity index (χ0) is 20.7. The van der Waals surface area contributed by atoms with Crippen LogP contribution in [0.25, 0.3) is 10.9 Å². The van der Waals surface area contributed by atoms with E-state index in [0.717, 1.165) is 10.9 Å². The summed E-state index contributed by atoms with van der Waals surface area (Å²) >= 11 is 0. The fourth-order valence-corrected chi connectivity index (χ4v) is 4.68. The first-order chi connectivity index (χ1) is 13.8. The molecular weight excluding hydrogens is 368 g/mol. The molecule has 154 valence electrons. The summed E-state index contributed by atoms with van der Waals surface area (Å²) in [7, 11) is 0. The Morgan fingerprint density at radius 3 is 2.76 bits per heavy atom. The molecule has 0 saturated carbocycles. The van der Waals surface area contributed by atoms with Crippen LogP contribution in [0.3, 0.4) is 0 Å². The number of carbonyl (C=O) groups excluding carboxylic acids is 3. The Morgan fingerprint density at radius 2 is 2.03 bits per heavy atom. The molecule has 7 heteroatoms. The van der Waals surface area contributed by atoms with Crippen molar-refractivity contribution in [2.45, 2.75) is 51.7 Å². The summed E-state index contributed by atoms with van der Waals surface area (Å²) in [6, 6.07) is 6.98. The Bertz CT molecular complexity index is 950. The van der Waals surface area contributed by atoms with Gasteiger partial charge in [-0.1, -0.05) is 13.8 Å². The number of rotatable bonds is 4. The van der Waals surface area contributed by atoms with Crippen molar-refractivity contribution in [1.29, 1.82) is 0 Å². The molecule has 0 spiro atoms. The van der Waals surface area contributed by atoms with Crippen LogP contribution in [0.4, 0.5) is 0 Å². The van der Waals surface area contributed by atoms with Gasteiger partial charge in [-0.2, -0.15) is 0 Å². The van der Waals surface area contributed by atoms with Gasteiger partial charge in [-0.05, 0) is 43.0 Å². The lowest BCUT2D eigenvalue weighted by molar-refractivity contribution is -0.142. The molecule has 3 amide bonds. The van der Waals surface area contributed by atoms with Crippen LogP contribution in [0, 0.1) is 5.92 Å². The third-order valence-electron chi connectivity index (χ3n) is 5.93. The van der Waals surface area contributed by atoms with E-state index in [1.165, 1.54) is 6.92 Å². The van der Waals surface area contributed by atoms with Crippen LogP contribution in [-0.2, 0) is 9.59 Å². The molecule has 0 bridgehead atoms. The lowest BCUT2D eigenvalue weighted by atomic mass is 9.96. The summed E-state index contributed by atoms with van der Waals surface area (Å²) in [5.41, 5.74) is 1.58. The molecule has 1 aromatic carbocycles. The lowest BCUT2D eigenvalue weighted by Gasteiger charge is -2.43. The minimum absolute atomic E-state index is 0.00104. The first-order valence-electron chi connectivity index (χ1n) is 10.3. The smallest absolute Gasteiger partial charge is 0.254 e. The maximum Gasteiger partial charge on any atom is 0.254 e. The normalized spacial score (nSPS) is 24.3. The van der Waals surface area contributed by atoms with Crippen LogP contribution < -0.4 is 5.32 Å². The summed E-state index contributed by atoms with van der Waals surface area (Å²) in [4.78, 5) is 45.0. The van der Waals surface area contributed by atoms with E-state index in [2.05, 4.69) is 24.1 Å². The number of aromatic nitrogens is 1. The predicted octanol–water partition coefficient (Wildman–Crippen LogP) is 2.14. The standard InChI is InChI=1S/C22H28N4O3/c1-13(2)8-20-22(29)25-11-17(24-14(3)27)10-18(25)12-26(20)21(28)16-4-5-19-15(9-16)6-7-23-19/h4-7,9,13,17-18,20,23H,8,10-12H2,1-3H3,(H,24,27)/t17-,18-,20-/m0/s1. The number of amides is 3. The molecule has 0 unspecified atom stereocenters. The van der Waals surface area contributed by atoms with E-state index in [1.54, 1.807) is 4.90 Å². The first kappa shape index (κ1) is 19.5. The van der Waals surface area contributed by atoms with Crippen LogP contribution in [0.2, 0.25) is 0 Å². The van der Waals surface area contributed by atoms with E-state index >= 15 is 0 Å². The van der Waals surface area contributed by atoms with E-state index in [9.17, 15) is 14.4 Å². The van der Waals surface area contributed by atoms with E-state index in [0.29, 0.717) is 31.5 Å². The molecule has 2 aliphatic heterocycles. The second-order valence-corrected chi connectivity index (χ2v) is 8.66. The number of piperazine rings is 1. The van der Waals surface area contributed by atoms with E-state index in [4.69, 9.17) is 0 Å². The van der Waals surface area contributed by atoms with Gasteiger partial charge >= 0.3 is 0 Å². The topological polar surface area (TPSA) is 85.5 Å². The molecule has 7 nitrogen and oxygen atoms in total. The molecule has 0 aliphatic carbocycles. The largest absolute Gasteiger partial charge is 0.361 e. The van der Waals surface area contributed by atoms with E-state index in [1.807, 2.05) is 35.4 Å². The van der Waals surface area contributed by atoms with Crippen molar-refractivity contribution >= 4 is 28.6 Å². The van der Waals surface area contributed by atoms with Crippen molar-refractivity contribution in [1.82, 2.24) is 20.1 Å². The molecule has 29 heavy (non-hydrogen) atoms. The molecule has 3 atom stereocenters. The first-order valence-corrected chi connectivity index (χ1v) is 10.3. The van der Waals surface area contributed by atoms with Crippen LogP contribution in [0.5, 0.6) is 0 Å². The van der Waals surface area contributed by atoms with Crippen molar-refractivity contribution in [3.63, 3.8) is 0 Å². The summed E-state index contributed by atoms with van der Waals surface area (Å²) in [5.74, 6) is 0.0964. The Kier molecular flexibility index (Phi) is 5.06. The van der Waals surface area contributed by atoms with Gasteiger partial charge < -0.3 is 20.1 Å². The molecule has 4 rings (SSSR count). The molecule has 2 aromatic rings. The van der Waals surface area contributed by atoms with Crippen molar-refractivity contribution in [2.75, 3.05) is 13.1 Å². The van der Waals surface area contributed by atoms with Crippen LogP contribution in [0.15, 0.2) is 30.5 Å². The van der Waals surface area contributed by atoms with Crippen molar-refractivity contribution in [3.8, 4) is 0 Å². The number of nitrogens with zero attached hydrogens (tertiary/aromatic N) is 2. The zero-order valence-corrected chi connectivity index (χ0v) is 17.1. The van der Waals surface area contributed by atoms with Crippen molar-refractivity contribution < 1.29 is 14.4 Å². The number of benzene rings is 1. The Hall–Kier alpha value is -2.83. The lowest BCUT2D eigenvalue weighted by Crippen LogP contribution is -2.61. The maximum atomic E-state index is 13.4. The monoisotopic (exact) mass is 396 g/mol. The van der Waals surface area contributed by atoms with E-state index in [-0.39, 0.29) is 35.7 Å². The van der Waals surface area contributed by atoms with E-state index < -0.39 is 6.04 Å². The highest BCUT2D eigenvalue weighted by Gasteiger charge is 2.47. The molecule has 3 heterocycles. The third-order valence-corrected chi connectivity index (χ3v) is 5.93. The average molecular weight is 396 g/mol. The Labute approximate surface area is 170 Å². The van der Waals surface area contributed by atoms with Gasteiger partial charge in [-0.15, -0.1) is 0 Å². The molecule has 0 radical (unpaired) electrons. The third kappa shape index (κ3) is 3.73. The minimum atomic E-state index is -0.461. The average Bonchev–Trinajstić information content (AvgIpc) is 3.28. The highest BCUT2D eigenvalue weighted by atomic mass is 16.2. The fourth-order valence-electron chi connectivity index (χ4n) is 4.68. The van der Waals surface area contributed by atoms with Crippen molar-refractivity contribution in [2.24, 2.45) is 5.92 Å². The quantitative estimate of drug-likeness (QED) is 0.830. The SMILES string of the molecule is CC(=O)N[C@H]1C[C@H]2CN(C(=O)c3ccc4[nH]ccc4c3)[C@@H](CC(C)C)C(=O)N2C1. The molecule has 2 saturated heterocycles. The highest BCUT2D eigenvalue weighted by molar-refractivity contribution is 6.01. The maximum absolute atomic E-state index is 13.4. The predicted molar refractivity (Wildman–Crippen MR) is 110 cm³/mol. The van der Waals surface area contributed by atoms with Gasteiger partial charge in [0.25, 0.3) is 5.91 Å². The highest BCUT2D eigenvalue weighted by Crippen LogP contribution is 2.30. The van der Waals surface area contributed by atoms with Gasteiger partial charge in [-0.3, -0.25) is 14.4 Å². The number of hydrogen-bond donors (Lipinski definition) is 2. The molecule has 2 fully saturated rings. The fraction of sp³-hybridized carbons (Fsp3) is 0.500. The van der Waals surface area contributed by atoms with Gasteiger partial charge in [0.2, 0.25) is 11.8 Å². The van der Waals surface area contributed by atoms with Gasteiger partial charge in [0.15, 0.2) is 0 Å². The second kappa shape index (κ2) is 7.54. The number of H-pyrrole nitrogens is 1. The number of carbonyl (C=O) groups is 3. The van der Waals surface area contributed by atoms with Gasteiger partial charge in [0.05, 0.1) is 6.04 Å². The molecule has 2 N–H and O–H groups in total. The molecule has 2 aliphatic rings. The summed E-state index contributed by atoms with van der Waals surface area (Å²) < 4.78 is 0. The second-order valence-electron chi connectivity index (χ2n) is 8.66. The van der Waals surface area contributed by atoms with Gasteiger partial charge in [0, 0.05) is 48.7 Å². The van der Waals surface area contributed by atoms with Crippen LogP contribution >= 0.6 is 0 Å². The minimum Gasteiger partial charge on any atom is -0.361 e. The number of nitrogens with one attached hydrogen (secondary N) is 2. The molecular formula is C22H28N4O3. The van der Waals surface area contributed by atoms with Gasteiger partial charge in [-0.25, -0.2) is 0 Å². The number of hydrogen-bond acceptors (Lipinski definition) is 3. The summed E-state index contributed by atoms with van der Waals surface area (Å²) in [6.45, 7) is 6.65. The van der Waals surface area contributed by atoms with Gasteiger partial charge in [0.1, 0.15) is 6.04 Å². The number of aromatic amines is 1. The summed E-state index contributed by atoms with van der Waals surface area (Å²) in [6.07, 6.45) is 3.16. The Balaban J connectivity index is 1.62. The zero-order valence-electron chi connectivity index (χ0n) is 17.1. The van der Waals surface area contributed by atoms with Crippen LogP contribution in [0.1, 0.15) is 44.0 Å². The van der Waals surface area contributed by atoms with Crippen LogP contribution in [-0.4, -0.2) is 63.7 Å². The summed E-state index contributed by atoms with van der Waals surface area (Å²) in [5, 5.41) is 3.91. The van der Waals surface area contributed by atoms with Crippen molar-refractivity contribution in [3.05, 3.63) is 36.0 Å². The Morgan fingerprint density at radius 1 is 1.24 bits per heavy atom. The molecule has 1 aromatic heterocycles. The number of fused-ring (bicyclic) bond motifs is 2.